The number of carbonyl (C=O) groups excluding carboxylic acids is 1. The zero-order chi connectivity index (χ0) is 21.9. The van der Waals surface area contributed by atoms with Crippen LogP contribution < -0.4 is 11.3 Å². The maximum atomic E-state index is 12.5. The molecule has 0 saturated heterocycles. The van der Waals surface area contributed by atoms with E-state index in [1.807, 2.05) is 0 Å². The lowest BCUT2D eigenvalue weighted by Gasteiger charge is -2.13. The van der Waals surface area contributed by atoms with Gasteiger partial charge in [-0.05, 0) is 32.0 Å². The summed E-state index contributed by atoms with van der Waals surface area (Å²) in [5, 5.41) is 24.8. The molecule has 0 aliphatic carbocycles. The van der Waals surface area contributed by atoms with Crippen molar-refractivity contribution < 1.29 is 22.9 Å². The second-order valence-corrected chi connectivity index (χ2v) is 7.10. The fraction of sp³-hybridized carbons (Fsp3) is 0.250. The Kier molecular flexibility index (Phi) is 6.24. The molecule has 0 aliphatic rings. The van der Waals surface area contributed by atoms with Gasteiger partial charge in [-0.2, -0.15) is 23.8 Å². The predicted molar refractivity (Wildman–Crippen MR) is 102 cm³/mol. The number of aromatic nitrogens is 1. The third-order valence-corrected chi connectivity index (χ3v) is 4.80. The molecule has 0 unspecified atom stereocenters. The van der Waals surface area contributed by atoms with Gasteiger partial charge >= 0.3 is 0 Å². The van der Waals surface area contributed by atoms with E-state index in [9.17, 15) is 27.7 Å². The SMILES string of the molecule is CCn1c(O)c(C(N)=O)c(C)c(N=Nc2ccc(N=NC)c(S(=O)(=O)O)c2)c1=O. The summed E-state index contributed by atoms with van der Waals surface area (Å²) in [5.41, 5.74) is 3.90. The standard InChI is InChI=1S/C16H18N6O6S/c1-4-22-15(24)12(14(17)23)8(2)13(16(22)25)21-19-9-5-6-10(20-18-3)11(7-9)29(26,27)28/h5-7,24H,4H2,1-3H3,(H2,17,23)(H,26,27,28). The average molecular weight is 422 g/mol. The smallest absolute Gasteiger partial charge is 0.296 e. The summed E-state index contributed by atoms with van der Waals surface area (Å²) < 4.78 is 33.4. The van der Waals surface area contributed by atoms with Gasteiger partial charge in [0.25, 0.3) is 21.6 Å². The van der Waals surface area contributed by atoms with Gasteiger partial charge in [0.05, 0.1) is 5.69 Å². The van der Waals surface area contributed by atoms with Crippen molar-refractivity contribution in [2.45, 2.75) is 25.3 Å². The quantitative estimate of drug-likeness (QED) is 0.473. The first kappa shape index (κ1) is 21.8. The lowest BCUT2D eigenvalue weighted by molar-refractivity contribution is 0.0995. The Morgan fingerprint density at radius 1 is 1.24 bits per heavy atom. The maximum absolute atomic E-state index is 12.5. The Morgan fingerprint density at radius 3 is 2.41 bits per heavy atom. The molecule has 0 bridgehead atoms. The monoisotopic (exact) mass is 422 g/mol. The van der Waals surface area contributed by atoms with Crippen molar-refractivity contribution in [3.05, 3.63) is 39.7 Å². The minimum atomic E-state index is -4.63. The largest absolute Gasteiger partial charge is 0.494 e. The first-order valence-electron chi connectivity index (χ1n) is 8.12. The molecule has 2 rings (SSSR count). The first-order valence-corrected chi connectivity index (χ1v) is 9.56. The normalized spacial score (nSPS) is 12.1. The minimum Gasteiger partial charge on any atom is -0.494 e. The van der Waals surface area contributed by atoms with Crippen molar-refractivity contribution in [2.75, 3.05) is 7.05 Å². The zero-order valence-electron chi connectivity index (χ0n) is 15.7. The molecule has 1 aromatic carbocycles. The van der Waals surface area contributed by atoms with E-state index in [1.165, 1.54) is 26.1 Å². The van der Waals surface area contributed by atoms with E-state index < -0.39 is 32.4 Å². The number of primary amides is 1. The second-order valence-electron chi connectivity index (χ2n) is 5.71. The molecule has 0 radical (unpaired) electrons. The van der Waals surface area contributed by atoms with Crippen LogP contribution in [0.3, 0.4) is 0 Å². The van der Waals surface area contributed by atoms with Crippen molar-refractivity contribution in [2.24, 2.45) is 26.2 Å². The van der Waals surface area contributed by atoms with Crippen LogP contribution >= 0.6 is 0 Å². The van der Waals surface area contributed by atoms with E-state index in [0.29, 0.717) is 0 Å². The highest BCUT2D eigenvalue weighted by Crippen LogP contribution is 2.31. The molecule has 0 spiro atoms. The third-order valence-electron chi connectivity index (χ3n) is 3.91. The Hall–Kier alpha value is -3.45. The fourth-order valence-electron chi connectivity index (χ4n) is 2.58. The molecule has 1 aromatic heterocycles. The Morgan fingerprint density at radius 2 is 1.90 bits per heavy atom. The summed E-state index contributed by atoms with van der Waals surface area (Å²) in [5.74, 6) is -1.54. The predicted octanol–water partition coefficient (Wildman–Crippen LogP) is 2.36. The molecular weight excluding hydrogens is 404 g/mol. The van der Waals surface area contributed by atoms with Crippen LogP contribution in [0.25, 0.3) is 0 Å². The number of nitrogens with two attached hydrogens (primary N) is 1. The summed E-state index contributed by atoms with van der Waals surface area (Å²) in [4.78, 5) is 23.7. The first-order chi connectivity index (χ1) is 13.5. The van der Waals surface area contributed by atoms with Crippen LogP contribution in [0.1, 0.15) is 22.8 Å². The molecule has 2 aromatic rings. The molecule has 0 atom stereocenters. The number of aromatic hydroxyl groups is 1. The minimum absolute atomic E-state index is 0.0138. The van der Waals surface area contributed by atoms with Gasteiger partial charge in [-0.1, -0.05) is 0 Å². The summed E-state index contributed by atoms with van der Waals surface area (Å²) >= 11 is 0. The van der Waals surface area contributed by atoms with E-state index in [2.05, 4.69) is 20.5 Å². The van der Waals surface area contributed by atoms with Crippen LogP contribution in [0.2, 0.25) is 0 Å². The number of pyridine rings is 1. The van der Waals surface area contributed by atoms with Crippen molar-refractivity contribution in [3.8, 4) is 5.88 Å². The van der Waals surface area contributed by atoms with Crippen molar-refractivity contribution in [1.82, 2.24) is 4.57 Å². The van der Waals surface area contributed by atoms with Gasteiger partial charge in [0.2, 0.25) is 5.88 Å². The number of amides is 1. The molecule has 0 saturated carbocycles. The summed E-state index contributed by atoms with van der Waals surface area (Å²) in [6, 6.07) is 3.57. The van der Waals surface area contributed by atoms with Gasteiger partial charge in [-0.3, -0.25) is 18.7 Å². The van der Waals surface area contributed by atoms with Crippen LogP contribution in [-0.4, -0.2) is 35.6 Å². The number of rotatable bonds is 6. The van der Waals surface area contributed by atoms with Crippen molar-refractivity contribution in [1.29, 1.82) is 0 Å². The second kappa shape index (κ2) is 8.28. The van der Waals surface area contributed by atoms with E-state index in [4.69, 9.17) is 5.73 Å². The molecule has 12 nitrogen and oxygen atoms in total. The highest BCUT2D eigenvalue weighted by Gasteiger charge is 2.22. The number of azo groups is 2. The van der Waals surface area contributed by atoms with E-state index in [0.717, 1.165) is 10.6 Å². The number of benzene rings is 1. The van der Waals surface area contributed by atoms with Gasteiger partial charge in [-0.25, -0.2) is 0 Å². The third kappa shape index (κ3) is 4.35. The molecule has 13 heteroatoms. The summed E-state index contributed by atoms with van der Waals surface area (Å²) in [7, 11) is -3.30. The lowest BCUT2D eigenvalue weighted by atomic mass is 10.1. The molecule has 154 valence electrons. The molecule has 1 amide bonds. The van der Waals surface area contributed by atoms with Crippen molar-refractivity contribution >= 4 is 33.1 Å². The zero-order valence-corrected chi connectivity index (χ0v) is 16.5. The average Bonchev–Trinajstić information content (AvgIpc) is 2.62. The van der Waals surface area contributed by atoms with Crippen LogP contribution in [0.5, 0.6) is 5.88 Å². The number of hydrogen-bond donors (Lipinski definition) is 3. The van der Waals surface area contributed by atoms with E-state index in [1.54, 1.807) is 6.92 Å². The van der Waals surface area contributed by atoms with Gasteiger partial charge in [-0.15, -0.1) is 5.11 Å². The highest BCUT2D eigenvalue weighted by molar-refractivity contribution is 7.86. The lowest BCUT2D eigenvalue weighted by Crippen LogP contribution is -2.25. The van der Waals surface area contributed by atoms with Gasteiger partial charge < -0.3 is 10.8 Å². The Labute approximate surface area is 165 Å². The fourth-order valence-corrected chi connectivity index (χ4v) is 3.22. The van der Waals surface area contributed by atoms with Crippen LogP contribution in [0, 0.1) is 6.92 Å². The molecule has 1 heterocycles. The molecule has 4 N–H and O–H groups in total. The maximum Gasteiger partial charge on any atom is 0.296 e. The van der Waals surface area contributed by atoms with Crippen LogP contribution in [0.4, 0.5) is 17.1 Å². The molecule has 0 fully saturated rings. The Bertz CT molecular complexity index is 1200. The number of hydrogen-bond acceptors (Lipinski definition) is 9. The van der Waals surface area contributed by atoms with E-state index in [-0.39, 0.29) is 34.7 Å². The van der Waals surface area contributed by atoms with Gasteiger partial charge in [0.1, 0.15) is 16.1 Å². The van der Waals surface area contributed by atoms with Gasteiger partial charge in [0.15, 0.2) is 5.69 Å². The molecule has 29 heavy (non-hydrogen) atoms. The summed E-state index contributed by atoms with van der Waals surface area (Å²) in [6.07, 6.45) is 0. The van der Waals surface area contributed by atoms with E-state index >= 15 is 0 Å². The van der Waals surface area contributed by atoms with Crippen LogP contribution in [0.15, 0.2) is 48.3 Å². The molecular formula is C16H18N6O6S. The Balaban J connectivity index is 2.68. The van der Waals surface area contributed by atoms with Gasteiger partial charge in [0, 0.05) is 19.2 Å². The number of nitrogens with zero attached hydrogens (tertiary/aromatic N) is 5. The topological polar surface area (TPSA) is 189 Å². The summed E-state index contributed by atoms with van der Waals surface area (Å²) in [6.45, 7) is 2.98. The number of carbonyl (C=O) groups is 1. The molecule has 0 aliphatic heterocycles. The highest BCUT2D eigenvalue weighted by atomic mass is 32.2. The van der Waals surface area contributed by atoms with Crippen molar-refractivity contribution in [3.63, 3.8) is 0 Å². The van der Waals surface area contributed by atoms with Crippen LogP contribution in [-0.2, 0) is 16.7 Å².